The van der Waals surface area contributed by atoms with Crippen molar-refractivity contribution in [3.63, 3.8) is 0 Å². The summed E-state index contributed by atoms with van der Waals surface area (Å²) in [6.45, 7) is 0. The lowest BCUT2D eigenvalue weighted by Crippen LogP contribution is -2.37. The zero-order valence-electron chi connectivity index (χ0n) is 17.5. The summed E-state index contributed by atoms with van der Waals surface area (Å²) in [5.41, 5.74) is 1.94. The molecule has 2 aliphatic heterocycles. The summed E-state index contributed by atoms with van der Waals surface area (Å²) in [4.78, 5) is 34.5. The third-order valence-corrected chi connectivity index (χ3v) is 6.33. The molecule has 2 aliphatic rings. The van der Waals surface area contributed by atoms with Gasteiger partial charge in [-0.25, -0.2) is 14.4 Å². The minimum Gasteiger partial charge on any atom is -0.273 e. The van der Waals surface area contributed by atoms with E-state index in [-0.39, 0.29) is 11.7 Å². The van der Waals surface area contributed by atoms with Crippen molar-refractivity contribution in [1.82, 2.24) is 0 Å². The Morgan fingerprint density at radius 3 is 2.15 bits per heavy atom. The second kappa shape index (κ2) is 7.53. The number of hydrogen-bond acceptors (Lipinski definition) is 4. The molecule has 2 amide bonds. The fourth-order valence-electron chi connectivity index (χ4n) is 4.78. The highest BCUT2D eigenvalue weighted by atomic mass is 19.1. The Morgan fingerprint density at radius 2 is 1.39 bits per heavy atom. The lowest BCUT2D eigenvalue weighted by Gasteiger charge is -2.28. The molecule has 2 heterocycles. The zero-order chi connectivity index (χ0) is 22.5. The number of benzene rings is 4. The summed E-state index contributed by atoms with van der Waals surface area (Å²) < 4.78 is 13.6. The monoisotopic (exact) mass is 438 g/mol. The van der Waals surface area contributed by atoms with Crippen LogP contribution in [0.1, 0.15) is 11.6 Å². The molecule has 2 fully saturated rings. The Hall–Kier alpha value is -4.03. The lowest BCUT2D eigenvalue weighted by molar-refractivity contribution is -0.126. The van der Waals surface area contributed by atoms with Crippen LogP contribution in [0.25, 0.3) is 10.8 Å². The minimum atomic E-state index is -0.959. The van der Waals surface area contributed by atoms with Crippen molar-refractivity contribution in [1.29, 1.82) is 0 Å². The van der Waals surface area contributed by atoms with Crippen LogP contribution in [-0.4, -0.2) is 17.9 Å². The van der Waals surface area contributed by atoms with Crippen LogP contribution in [0, 0.1) is 11.7 Å². The number of anilines is 2. The van der Waals surface area contributed by atoms with Crippen LogP contribution in [0.4, 0.5) is 15.8 Å². The third kappa shape index (κ3) is 3.10. The van der Waals surface area contributed by atoms with Gasteiger partial charge in [-0.1, -0.05) is 60.7 Å². The van der Waals surface area contributed by atoms with E-state index < -0.39 is 24.0 Å². The molecule has 0 aliphatic carbocycles. The van der Waals surface area contributed by atoms with Crippen molar-refractivity contribution in [3.05, 3.63) is 108 Å². The van der Waals surface area contributed by atoms with E-state index in [9.17, 15) is 14.0 Å². The Morgan fingerprint density at radius 1 is 0.697 bits per heavy atom. The van der Waals surface area contributed by atoms with Gasteiger partial charge in [0.1, 0.15) is 11.7 Å². The van der Waals surface area contributed by atoms with Gasteiger partial charge < -0.3 is 0 Å². The molecule has 6 heteroatoms. The molecule has 0 spiro atoms. The zero-order valence-corrected chi connectivity index (χ0v) is 17.5. The van der Waals surface area contributed by atoms with E-state index in [4.69, 9.17) is 4.84 Å². The summed E-state index contributed by atoms with van der Waals surface area (Å²) in [5, 5.41) is 3.57. The number of imide groups is 1. The number of nitrogens with zero attached hydrogens (tertiary/aromatic N) is 2. The van der Waals surface area contributed by atoms with E-state index in [2.05, 4.69) is 0 Å². The maximum Gasteiger partial charge on any atom is 0.266 e. The first-order valence-electron chi connectivity index (χ1n) is 10.7. The predicted octanol–water partition coefficient (Wildman–Crippen LogP) is 5.03. The van der Waals surface area contributed by atoms with E-state index >= 15 is 0 Å². The Balaban J connectivity index is 1.43. The number of hydrogen-bond donors (Lipinski definition) is 0. The van der Waals surface area contributed by atoms with Gasteiger partial charge in [0, 0.05) is 0 Å². The first-order chi connectivity index (χ1) is 16.1. The number of amides is 2. The van der Waals surface area contributed by atoms with Crippen LogP contribution < -0.4 is 9.96 Å². The topological polar surface area (TPSA) is 49.9 Å². The van der Waals surface area contributed by atoms with Crippen molar-refractivity contribution in [3.8, 4) is 0 Å². The van der Waals surface area contributed by atoms with Gasteiger partial charge in [-0.05, 0) is 52.7 Å². The van der Waals surface area contributed by atoms with Crippen LogP contribution >= 0.6 is 0 Å². The summed E-state index contributed by atoms with van der Waals surface area (Å²) in [6.07, 6.45) is -0.959. The molecule has 33 heavy (non-hydrogen) atoms. The van der Waals surface area contributed by atoms with Crippen LogP contribution in [0.2, 0.25) is 0 Å². The SMILES string of the molecule is O=C1[C@@H]2[C@@H](ON(c3ccccc3)[C@H]2c2ccc(F)cc2)C(=O)N1c1ccc2ccccc2c1. The number of rotatable bonds is 3. The van der Waals surface area contributed by atoms with Gasteiger partial charge in [0.25, 0.3) is 5.91 Å². The molecule has 2 saturated heterocycles. The van der Waals surface area contributed by atoms with Crippen molar-refractivity contribution in [2.75, 3.05) is 9.96 Å². The van der Waals surface area contributed by atoms with E-state index in [1.165, 1.54) is 17.0 Å². The van der Waals surface area contributed by atoms with Gasteiger partial charge in [-0.2, -0.15) is 0 Å². The minimum absolute atomic E-state index is 0.326. The molecule has 0 N–H and O–H groups in total. The third-order valence-electron chi connectivity index (χ3n) is 6.33. The molecule has 0 saturated carbocycles. The molecule has 5 nitrogen and oxygen atoms in total. The second-order valence-electron chi connectivity index (χ2n) is 8.25. The van der Waals surface area contributed by atoms with Gasteiger partial charge >= 0.3 is 0 Å². The van der Waals surface area contributed by atoms with Gasteiger partial charge in [0.15, 0.2) is 6.10 Å². The van der Waals surface area contributed by atoms with Crippen molar-refractivity contribution in [2.24, 2.45) is 5.92 Å². The molecule has 4 aromatic rings. The molecule has 0 aromatic heterocycles. The summed E-state index contributed by atoms with van der Waals surface area (Å²) in [6, 6.07) is 28.0. The fraction of sp³-hybridized carbons (Fsp3) is 0.111. The van der Waals surface area contributed by atoms with Gasteiger partial charge in [-0.15, -0.1) is 0 Å². The maximum atomic E-state index is 13.7. The number of carbonyl (C=O) groups excluding carboxylic acids is 2. The number of fused-ring (bicyclic) bond motifs is 2. The smallest absolute Gasteiger partial charge is 0.266 e. The summed E-state index contributed by atoms with van der Waals surface area (Å²) in [5.74, 6) is -1.85. The van der Waals surface area contributed by atoms with E-state index in [0.29, 0.717) is 11.3 Å². The molecule has 3 atom stereocenters. The number of halogens is 1. The largest absolute Gasteiger partial charge is 0.273 e. The molecule has 6 rings (SSSR count). The summed E-state index contributed by atoms with van der Waals surface area (Å²) in [7, 11) is 0. The van der Waals surface area contributed by atoms with Crippen LogP contribution in [0.5, 0.6) is 0 Å². The van der Waals surface area contributed by atoms with Crippen LogP contribution in [-0.2, 0) is 14.4 Å². The molecule has 4 aromatic carbocycles. The van der Waals surface area contributed by atoms with Gasteiger partial charge in [0.2, 0.25) is 5.91 Å². The molecule has 162 valence electrons. The Labute approximate surface area is 189 Å². The highest BCUT2D eigenvalue weighted by molar-refractivity contribution is 6.24. The van der Waals surface area contributed by atoms with E-state index in [1.807, 2.05) is 66.7 Å². The molecular formula is C27H19FN2O3. The quantitative estimate of drug-likeness (QED) is 0.421. The second-order valence-corrected chi connectivity index (χ2v) is 8.25. The first kappa shape index (κ1) is 19.6. The number of hydroxylamine groups is 1. The lowest BCUT2D eigenvalue weighted by atomic mass is 9.90. The Bertz CT molecular complexity index is 1370. The highest BCUT2D eigenvalue weighted by Crippen LogP contribution is 2.47. The van der Waals surface area contributed by atoms with E-state index in [1.54, 1.807) is 23.3 Å². The Kier molecular flexibility index (Phi) is 4.48. The molecule has 0 radical (unpaired) electrons. The van der Waals surface area contributed by atoms with Gasteiger partial charge in [-0.3, -0.25) is 14.4 Å². The van der Waals surface area contributed by atoms with Crippen molar-refractivity contribution in [2.45, 2.75) is 12.1 Å². The average Bonchev–Trinajstić information content (AvgIpc) is 3.36. The standard InChI is InChI=1S/C27H19FN2O3/c28-20-13-10-18(11-14-20)24-23-25(33-30(24)21-8-2-1-3-9-21)27(32)29(26(23)31)22-15-12-17-6-4-5-7-19(17)16-22/h1-16,23-25H/t23-,24-,25+/m0/s1. The molecular weight excluding hydrogens is 419 g/mol. The van der Waals surface area contributed by atoms with Gasteiger partial charge in [0.05, 0.1) is 17.4 Å². The highest BCUT2D eigenvalue weighted by Gasteiger charge is 2.60. The molecule has 0 unspecified atom stereocenters. The van der Waals surface area contributed by atoms with Crippen LogP contribution in [0.3, 0.4) is 0 Å². The number of para-hydroxylation sites is 1. The van der Waals surface area contributed by atoms with Crippen molar-refractivity contribution < 1.29 is 18.8 Å². The first-order valence-corrected chi connectivity index (χ1v) is 10.7. The van der Waals surface area contributed by atoms with Crippen LogP contribution in [0.15, 0.2) is 97.1 Å². The van der Waals surface area contributed by atoms with Crippen molar-refractivity contribution >= 4 is 34.0 Å². The normalized spacial score (nSPS) is 22.3. The average molecular weight is 438 g/mol. The maximum absolute atomic E-state index is 13.7. The predicted molar refractivity (Wildman–Crippen MR) is 123 cm³/mol. The molecule has 0 bridgehead atoms. The fourth-order valence-corrected chi connectivity index (χ4v) is 4.78. The summed E-state index contributed by atoms with van der Waals surface area (Å²) >= 11 is 0. The number of carbonyl (C=O) groups is 2. The van der Waals surface area contributed by atoms with E-state index in [0.717, 1.165) is 16.5 Å².